The Bertz CT molecular complexity index is 453. The average Bonchev–Trinajstić information content (AvgIpc) is 2.42. The molecule has 2 rings (SSSR count). The number of rotatable bonds is 4. The van der Waals surface area contributed by atoms with E-state index in [2.05, 4.69) is 17.0 Å². The molecule has 0 N–H and O–H groups in total. The minimum Gasteiger partial charge on any atom is -0.463 e. The number of ether oxygens (including phenoxy) is 1. The van der Waals surface area contributed by atoms with Gasteiger partial charge in [-0.2, -0.15) is 0 Å². The van der Waals surface area contributed by atoms with Gasteiger partial charge in [-0.1, -0.05) is 30.3 Å². The normalized spacial score (nSPS) is 18.9. The van der Waals surface area contributed by atoms with Gasteiger partial charge in [0.25, 0.3) is 0 Å². The van der Waals surface area contributed by atoms with E-state index in [0.29, 0.717) is 6.61 Å². The van der Waals surface area contributed by atoms with E-state index in [1.807, 2.05) is 38.4 Å². The van der Waals surface area contributed by atoms with Gasteiger partial charge < -0.3 is 9.64 Å². The van der Waals surface area contributed by atoms with Crippen LogP contribution in [0.4, 0.5) is 0 Å². The highest BCUT2D eigenvalue weighted by molar-refractivity contribution is 5.89. The SMILES string of the molecule is CCOC(=O)C1=CN(C)CCC1Cc1ccccc1. The Balaban J connectivity index is 2.13. The molecule has 1 aliphatic heterocycles. The number of esters is 1. The van der Waals surface area contributed by atoms with Gasteiger partial charge in [-0.15, -0.1) is 0 Å². The lowest BCUT2D eigenvalue weighted by atomic mass is 9.87. The van der Waals surface area contributed by atoms with Gasteiger partial charge in [0.1, 0.15) is 0 Å². The number of carbonyl (C=O) groups excluding carboxylic acids is 1. The minimum atomic E-state index is -0.171. The van der Waals surface area contributed by atoms with Crippen LogP contribution < -0.4 is 0 Å². The predicted octanol–water partition coefficient (Wildman–Crippen LogP) is 2.63. The van der Waals surface area contributed by atoms with E-state index >= 15 is 0 Å². The fourth-order valence-corrected chi connectivity index (χ4v) is 2.47. The summed E-state index contributed by atoms with van der Waals surface area (Å²) in [5, 5.41) is 0. The average molecular weight is 259 g/mol. The molecule has 1 aromatic rings. The first kappa shape index (κ1) is 13.7. The molecular formula is C16H21NO2. The van der Waals surface area contributed by atoms with Crippen molar-refractivity contribution >= 4 is 5.97 Å². The fourth-order valence-electron chi connectivity index (χ4n) is 2.47. The largest absolute Gasteiger partial charge is 0.463 e. The quantitative estimate of drug-likeness (QED) is 0.778. The number of benzene rings is 1. The summed E-state index contributed by atoms with van der Waals surface area (Å²) in [6.45, 7) is 3.26. The van der Waals surface area contributed by atoms with Crippen molar-refractivity contribution in [1.82, 2.24) is 4.90 Å². The molecule has 102 valence electrons. The van der Waals surface area contributed by atoms with Crippen molar-refractivity contribution in [2.45, 2.75) is 19.8 Å². The summed E-state index contributed by atoms with van der Waals surface area (Å²) in [6, 6.07) is 10.3. The van der Waals surface area contributed by atoms with E-state index in [9.17, 15) is 4.79 Å². The van der Waals surface area contributed by atoms with E-state index in [0.717, 1.165) is 25.0 Å². The molecule has 1 atom stereocenters. The van der Waals surface area contributed by atoms with Gasteiger partial charge in [-0.25, -0.2) is 4.79 Å². The molecule has 1 unspecified atom stereocenters. The Kier molecular flexibility index (Phi) is 4.61. The van der Waals surface area contributed by atoms with Crippen molar-refractivity contribution < 1.29 is 9.53 Å². The molecule has 0 spiro atoms. The van der Waals surface area contributed by atoms with Crippen LogP contribution in [0, 0.1) is 5.92 Å². The molecule has 3 nitrogen and oxygen atoms in total. The van der Waals surface area contributed by atoms with Gasteiger partial charge in [0, 0.05) is 19.8 Å². The number of nitrogens with zero attached hydrogens (tertiary/aromatic N) is 1. The Morgan fingerprint density at radius 2 is 2.11 bits per heavy atom. The smallest absolute Gasteiger partial charge is 0.335 e. The molecule has 0 radical (unpaired) electrons. The van der Waals surface area contributed by atoms with Crippen LogP contribution in [0.15, 0.2) is 42.1 Å². The second-order valence-electron chi connectivity index (χ2n) is 4.96. The fraction of sp³-hybridized carbons (Fsp3) is 0.438. The summed E-state index contributed by atoms with van der Waals surface area (Å²) in [7, 11) is 2.00. The molecule has 1 aliphatic rings. The van der Waals surface area contributed by atoms with Gasteiger partial charge in [0.05, 0.1) is 12.2 Å². The third-order valence-electron chi connectivity index (χ3n) is 3.47. The molecule has 0 fully saturated rings. The zero-order valence-corrected chi connectivity index (χ0v) is 11.6. The third kappa shape index (κ3) is 3.60. The second kappa shape index (κ2) is 6.41. The first-order valence-electron chi connectivity index (χ1n) is 6.83. The van der Waals surface area contributed by atoms with Crippen LogP contribution in [0.3, 0.4) is 0 Å². The number of carbonyl (C=O) groups is 1. The minimum absolute atomic E-state index is 0.171. The summed E-state index contributed by atoms with van der Waals surface area (Å²) in [5.41, 5.74) is 2.08. The Labute approximate surface area is 114 Å². The standard InChI is InChI=1S/C16H21NO2/c1-3-19-16(18)15-12-17(2)10-9-14(15)11-13-7-5-4-6-8-13/h4-8,12,14H,3,9-11H2,1-2H3. The zero-order chi connectivity index (χ0) is 13.7. The molecule has 0 aromatic heterocycles. The molecule has 0 saturated heterocycles. The third-order valence-corrected chi connectivity index (χ3v) is 3.47. The predicted molar refractivity (Wildman–Crippen MR) is 75.6 cm³/mol. The van der Waals surface area contributed by atoms with E-state index < -0.39 is 0 Å². The summed E-state index contributed by atoms with van der Waals surface area (Å²) in [6.07, 6.45) is 3.84. The Morgan fingerprint density at radius 3 is 2.79 bits per heavy atom. The summed E-state index contributed by atoms with van der Waals surface area (Å²) in [4.78, 5) is 14.1. The van der Waals surface area contributed by atoms with Crippen molar-refractivity contribution in [3.05, 3.63) is 47.7 Å². The van der Waals surface area contributed by atoms with Crippen molar-refractivity contribution in [2.75, 3.05) is 20.2 Å². The van der Waals surface area contributed by atoms with Crippen molar-refractivity contribution in [1.29, 1.82) is 0 Å². The summed E-state index contributed by atoms with van der Waals surface area (Å²) >= 11 is 0. The highest BCUT2D eigenvalue weighted by Gasteiger charge is 2.26. The Hall–Kier alpha value is -1.77. The lowest BCUT2D eigenvalue weighted by Crippen LogP contribution is -2.29. The lowest BCUT2D eigenvalue weighted by Gasteiger charge is -2.29. The van der Waals surface area contributed by atoms with Gasteiger partial charge in [0.2, 0.25) is 0 Å². The highest BCUT2D eigenvalue weighted by atomic mass is 16.5. The van der Waals surface area contributed by atoms with Crippen LogP contribution in [0.5, 0.6) is 0 Å². The van der Waals surface area contributed by atoms with E-state index in [4.69, 9.17) is 4.74 Å². The van der Waals surface area contributed by atoms with Crippen LogP contribution in [-0.2, 0) is 16.0 Å². The lowest BCUT2D eigenvalue weighted by molar-refractivity contribution is -0.139. The number of hydrogen-bond donors (Lipinski definition) is 0. The molecule has 0 bridgehead atoms. The molecule has 1 aromatic carbocycles. The summed E-state index contributed by atoms with van der Waals surface area (Å²) < 4.78 is 5.16. The van der Waals surface area contributed by atoms with E-state index in [1.54, 1.807) is 0 Å². The van der Waals surface area contributed by atoms with Gasteiger partial charge in [-0.3, -0.25) is 0 Å². The molecule has 0 aliphatic carbocycles. The highest BCUT2D eigenvalue weighted by Crippen LogP contribution is 2.26. The van der Waals surface area contributed by atoms with Crippen LogP contribution in [-0.4, -0.2) is 31.1 Å². The molecule has 3 heteroatoms. The van der Waals surface area contributed by atoms with Gasteiger partial charge in [0.15, 0.2) is 0 Å². The van der Waals surface area contributed by atoms with E-state index in [1.165, 1.54) is 5.56 Å². The first-order chi connectivity index (χ1) is 9.20. The first-order valence-corrected chi connectivity index (χ1v) is 6.83. The number of hydrogen-bond acceptors (Lipinski definition) is 3. The second-order valence-corrected chi connectivity index (χ2v) is 4.96. The molecule has 0 saturated carbocycles. The van der Waals surface area contributed by atoms with Crippen molar-refractivity contribution in [3.63, 3.8) is 0 Å². The monoisotopic (exact) mass is 259 g/mol. The van der Waals surface area contributed by atoms with Crippen LogP contribution in [0.1, 0.15) is 18.9 Å². The van der Waals surface area contributed by atoms with Crippen molar-refractivity contribution in [2.24, 2.45) is 5.92 Å². The molecular weight excluding hydrogens is 238 g/mol. The van der Waals surface area contributed by atoms with Crippen LogP contribution >= 0.6 is 0 Å². The summed E-state index contributed by atoms with van der Waals surface area (Å²) in [5.74, 6) is 0.0904. The van der Waals surface area contributed by atoms with Gasteiger partial charge in [-0.05, 0) is 31.2 Å². The maximum Gasteiger partial charge on any atom is 0.335 e. The van der Waals surface area contributed by atoms with Crippen LogP contribution in [0.25, 0.3) is 0 Å². The van der Waals surface area contributed by atoms with Gasteiger partial charge >= 0.3 is 5.97 Å². The van der Waals surface area contributed by atoms with Crippen LogP contribution in [0.2, 0.25) is 0 Å². The van der Waals surface area contributed by atoms with Crippen molar-refractivity contribution in [3.8, 4) is 0 Å². The molecule has 19 heavy (non-hydrogen) atoms. The maximum absolute atomic E-state index is 12.0. The molecule has 1 heterocycles. The zero-order valence-electron chi connectivity index (χ0n) is 11.6. The Morgan fingerprint density at radius 1 is 1.37 bits per heavy atom. The van der Waals surface area contributed by atoms with E-state index in [-0.39, 0.29) is 11.9 Å². The maximum atomic E-state index is 12.0. The topological polar surface area (TPSA) is 29.5 Å². The molecule has 0 amide bonds.